The zero-order chi connectivity index (χ0) is 19.1. The second-order valence-corrected chi connectivity index (χ2v) is 6.72. The van der Waals surface area contributed by atoms with Gasteiger partial charge in [-0.15, -0.1) is 0 Å². The smallest absolute Gasteiger partial charge is 0.338 e. The molecular weight excluding hydrogens is 334 g/mol. The van der Waals surface area contributed by atoms with Crippen LogP contribution < -0.4 is 16.0 Å². The van der Waals surface area contributed by atoms with Crippen LogP contribution in [-0.4, -0.2) is 38.1 Å². The lowest BCUT2D eigenvalue weighted by Gasteiger charge is -2.13. The Morgan fingerprint density at radius 1 is 1.12 bits per heavy atom. The molecule has 1 aliphatic carbocycles. The molecule has 2 rings (SSSR count). The first kappa shape index (κ1) is 19.8. The molecule has 0 atom stereocenters. The first-order chi connectivity index (χ1) is 12.4. The average Bonchev–Trinajstić information content (AvgIpc) is 3.14. The third kappa shape index (κ3) is 5.47. The molecule has 0 unspecified atom stereocenters. The van der Waals surface area contributed by atoms with Crippen molar-refractivity contribution < 1.29 is 19.1 Å². The molecule has 7 heteroatoms. The molecule has 3 N–H and O–H groups in total. The number of rotatable bonds is 6. The molecule has 1 aliphatic rings. The van der Waals surface area contributed by atoms with Gasteiger partial charge < -0.3 is 20.7 Å². The summed E-state index contributed by atoms with van der Waals surface area (Å²) in [5, 5.41) is 8.04. The van der Waals surface area contributed by atoms with Gasteiger partial charge in [0.2, 0.25) is 5.91 Å². The van der Waals surface area contributed by atoms with Crippen molar-refractivity contribution in [3.8, 4) is 0 Å². The Labute approximate surface area is 153 Å². The minimum Gasteiger partial charge on any atom is -0.465 e. The SMILES string of the molecule is COC(=O)c1cc(NC(=O)CNC(=O)NCC2CCCC2)cc(C)c1C. The molecule has 0 bridgehead atoms. The summed E-state index contributed by atoms with van der Waals surface area (Å²) in [4.78, 5) is 35.6. The lowest BCUT2D eigenvalue weighted by molar-refractivity contribution is -0.115. The number of carbonyl (C=O) groups is 3. The third-order valence-corrected chi connectivity index (χ3v) is 4.79. The number of aryl methyl sites for hydroxylation is 1. The normalized spacial score (nSPS) is 14.0. The molecular formula is C19H27N3O4. The third-order valence-electron chi connectivity index (χ3n) is 4.79. The number of hydrogen-bond donors (Lipinski definition) is 3. The van der Waals surface area contributed by atoms with E-state index in [4.69, 9.17) is 4.74 Å². The van der Waals surface area contributed by atoms with Gasteiger partial charge in [-0.1, -0.05) is 12.8 Å². The van der Waals surface area contributed by atoms with Crippen LogP contribution in [0.5, 0.6) is 0 Å². The molecule has 142 valence electrons. The Morgan fingerprint density at radius 3 is 2.46 bits per heavy atom. The van der Waals surface area contributed by atoms with E-state index in [-0.39, 0.29) is 18.5 Å². The molecule has 0 heterocycles. The zero-order valence-electron chi connectivity index (χ0n) is 15.6. The molecule has 0 spiro atoms. The molecule has 0 aromatic heterocycles. The van der Waals surface area contributed by atoms with Crippen LogP contribution in [0.15, 0.2) is 12.1 Å². The highest BCUT2D eigenvalue weighted by Crippen LogP contribution is 2.23. The number of methoxy groups -OCH3 is 1. The molecule has 0 radical (unpaired) electrons. The number of amides is 3. The predicted octanol–water partition coefficient (Wildman–Crippen LogP) is 2.52. The van der Waals surface area contributed by atoms with Gasteiger partial charge in [0.1, 0.15) is 0 Å². The van der Waals surface area contributed by atoms with Crippen LogP contribution >= 0.6 is 0 Å². The summed E-state index contributed by atoms with van der Waals surface area (Å²) in [5.74, 6) is -0.270. The van der Waals surface area contributed by atoms with Crippen LogP contribution in [0.3, 0.4) is 0 Å². The van der Waals surface area contributed by atoms with Gasteiger partial charge in [-0.05, 0) is 55.9 Å². The quantitative estimate of drug-likeness (QED) is 0.678. The van der Waals surface area contributed by atoms with Crippen LogP contribution in [0.2, 0.25) is 0 Å². The summed E-state index contributed by atoms with van der Waals surface area (Å²) in [6, 6.07) is 3.01. The minimum atomic E-state index is -0.453. The Morgan fingerprint density at radius 2 is 1.81 bits per heavy atom. The van der Waals surface area contributed by atoms with Gasteiger partial charge in [0.15, 0.2) is 0 Å². The summed E-state index contributed by atoms with van der Waals surface area (Å²) in [7, 11) is 1.32. The monoisotopic (exact) mass is 361 g/mol. The number of esters is 1. The first-order valence-corrected chi connectivity index (χ1v) is 8.91. The van der Waals surface area contributed by atoms with Crippen molar-refractivity contribution in [1.82, 2.24) is 10.6 Å². The highest BCUT2D eigenvalue weighted by molar-refractivity contribution is 5.97. The van der Waals surface area contributed by atoms with Gasteiger partial charge >= 0.3 is 12.0 Å². The molecule has 1 saturated carbocycles. The van der Waals surface area contributed by atoms with Crippen molar-refractivity contribution >= 4 is 23.6 Å². The fraction of sp³-hybridized carbons (Fsp3) is 0.526. The first-order valence-electron chi connectivity index (χ1n) is 8.91. The van der Waals surface area contributed by atoms with Gasteiger partial charge in [-0.2, -0.15) is 0 Å². The Kier molecular flexibility index (Phi) is 7.00. The van der Waals surface area contributed by atoms with E-state index in [9.17, 15) is 14.4 Å². The highest BCUT2D eigenvalue weighted by atomic mass is 16.5. The van der Waals surface area contributed by atoms with E-state index in [1.165, 1.54) is 20.0 Å². The molecule has 7 nitrogen and oxygen atoms in total. The molecule has 1 aromatic carbocycles. The second-order valence-electron chi connectivity index (χ2n) is 6.72. The maximum absolute atomic E-state index is 12.1. The van der Waals surface area contributed by atoms with Crippen molar-refractivity contribution in [2.24, 2.45) is 5.92 Å². The van der Waals surface area contributed by atoms with Crippen LogP contribution in [0.1, 0.15) is 47.2 Å². The predicted molar refractivity (Wildman–Crippen MR) is 99.2 cm³/mol. The van der Waals surface area contributed by atoms with E-state index in [1.807, 2.05) is 13.8 Å². The van der Waals surface area contributed by atoms with Crippen LogP contribution in [0.4, 0.5) is 10.5 Å². The van der Waals surface area contributed by atoms with Crippen molar-refractivity contribution in [3.63, 3.8) is 0 Å². The van der Waals surface area contributed by atoms with Crippen LogP contribution in [0.25, 0.3) is 0 Å². The fourth-order valence-electron chi connectivity index (χ4n) is 3.13. The summed E-state index contributed by atoms with van der Waals surface area (Å²) >= 11 is 0. The fourth-order valence-corrected chi connectivity index (χ4v) is 3.13. The summed E-state index contributed by atoms with van der Waals surface area (Å²) in [6.07, 6.45) is 4.74. The maximum Gasteiger partial charge on any atom is 0.338 e. The lowest BCUT2D eigenvalue weighted by atomic mass is 10.0. The van der Waals surface area contributed by atoms with Crippen LogP contribution in [-0.2, 0) is 9.53 Å². The van der Waals surface area contributed by atoms with Gasteiger partial charge in [0.05, 0.1) is 19.2 Å². The van der Waals surface area contributed by atoms with Gasteiger partial charge in [0, 0.05) is 12.2 Å². The number of carbonyl (C=O) groups excluding carboxylic acids is 3. The molecule has 1 aromatic rings. The van der Waals surface area contributed by atoms with Crippen molar-refractivity contribution in [1.29, 1.82) is 0 Å². The Bertz CT molecular complexity index is 682. The van der Waals surface area contributed by atoms with E-state index < -0.39 is 5.97 Å². The van der Waals surface area contributed by atoms with Crippen molar-refractivity contribution in [3.05, 3.63) is 28.8 Å². The summed E-state index contributed by atoms with van der Waals surface area (Å²) in [5.41, 5.74) is 2.57. The molecule has 0 saturated heterocycles. The van der Waals surface area contributed by atoms with Gasteiger partial charge in [-0.3, -0.25) is 4.79 Å². The number of nitrogens with one attached hydrogen (secondary N) is 3. The maximum atomic E-state index is 12.1. The number of ether oxygens (including phenoxy) is 1. The van der Waals surface area contributed by atoms with Crippen molar-refractivity contribution in [2.75, 3.05) is 25.5 Å². The number of anilines is 1. The van der Waals surface area contributed by atoms with Crippen LogP contribution in [0, 0.1) is 19.8 Å². The molecule has 0 aliphatic heterocycles. The number of hydrogen-bond acceptors (Lipinski definition) is 4. The lowest BCUT2D eigenvalue weighted by Crippen LogP contribution is -2.41. The zero-order valence-corrected chi connectivity index (χ0v) is 15.6. The second kappa shape index (κ2) is 9.22. The Balaban J connectivity index is 1.84. The molecule has 1 fully saturated rings. The van der Waals surface area contributed by atoms with E-state index in [0.717, 1.165) is 24.0 Å². The average molecular weight is 361 g/mol. The molecule has 26 heavy (non-hydrogen) atoms. The number of urea groups is 1. The van der Waals surface area contributed by atoms with E-state index in [2.05, 4.69) is 16.0 Å². The van der Waals surface area contributed by atoms with E-state index in [1.54, 1.807) is 12.1 Å². The van der Waals surface area contributed by atoms with E-state index >= 15 is 0 Å². The van der Waals surface area contributed by atoms with E-state index in [0.29, 0.717) is 23.7 Å². The number of benzene rings is 1. The Hall–Kier alpha value is -2.57. The summed E-state index contributed by atoms with van der Waals surface area (Å²) in [6.45, 7) is 4.18. The molecule has 3 amide bonds. The largest absolute Gasteiger partial charge is 0.465 e. The van der Waals surface area contributed by atoms with Gasteiger partial charge in [0.25, 0.3) is 0 Å². The summed E-state index contributed by atoms with van der Waals surface area (Å²) < 4.78 is 4.76. The van der Waals surface area contributed by atoms with Crippen molar-refractivity contribution in [2.45, 2.75) is 39.5 Å². The standard InChI is InChI=1S/C19H27N3O4/c1-12-8-15(9-16(13(12)2)18(24)26-3)22-17(23)11-21-19(25)20-10-14-6-4-5-7-14/h8-9,14H,4-7,10-11H2,1-3H3,(H,22,23)(H2,20,21,25). The topological polar surface area (TPSA) is 96.5 Å². The minimum absolute atomic E-state index is 0.142. The van der Waals surface area contributed by atoms with Gasteiger partial charge in [-0.25, -0.2) is 9.59 Å². The highest BCUT2D eigenvalue weighted by Gasteiger charge is 2.16.